The molecule has 0 nitrogen and oxygen atoms in total. The van der Waals surface area contributed by atoms with E-state index in [1.54, 1.807) is 0 Å². The lowest BCUT2D eigenvalue weighted by molar-refractivity contribution is 1.00. The third kappa shape index (κ3) is 3.28. The van der Waals surface area contributed by atoms with E-state index in [9.17, 15) is 0 Å². The molecule has 0 saturated heterocycles. The first-order chi connectivity index (χ1) is 21.8. The fraction of sp³-hybridized carbons (Fsp3) is 0.0455. The number of hydrogen-bond acceptors (Lipinski definition) is 0. The van der Waals surface area contributed by atoms with Gasteiger partial charge in [0, 0.05) is 0 Å². The Morgan fingerprint density at radius 3 is 1.82 bits per heavy atom. The zero-order valence-electron chi connectivity index (χ0n) is 24.3. The van der Waals surface area contributed by atoms with E-state index in [0.29, 0.717) is 0 Å². The highest BCUT2D eigenvalue weighted by molar-refractivity contribution is 6.26. The first kappa shape index (κ1) is 24.0. The maximum atomic E-state index is 2.45. The van der Waals surface area contributed by atoms with Gasteiger partial charge < -0.3 is 0 Å². The summed E-state index contributed by atoms with van der Waals surface area (Å²) in [6.45, 7) is 0. The van der Waals surface area contributed by atoms with Gasteiger partial charge in [-0.05, 0) is 117 Å². The van der Waals surface area contributed by atoms with E-state index in [1.165, 1.54) is 98.0 Å². The minimum Gasteiger partial charge on any atom is -0.0836 e. The van der Waals surface area contributed by atoms with E-state index in [1.807, 2.05) is 0 Å². The van der Waals surface area contributed by atoms with Crippen molar-refractivity contribution in [1.82, 2.24) is 0 Å². The fourth-order valence-electron chi connectivity index (χ4n) is 8.09. The van der Waals surface area contributed by atoms with Crippen LogP contribution in [0.4, 0.5) is 0 Å². The second-order valence-electron chi connectivity index (χ2n) is 12.3. The number of fused-ring (bicyclic) bond motifs is 8. The molecule has 0 N–H and O–H groups in total. The number of benzene rings is 9. The van der Waals surface area contributed by atoms with Crippen LogP contribution in [0.2, 0.25) is 0 Å². The molecule has 9 aromatic rings. The van der Waals surface area contributed by atoms with Crippen LogP contribution < -0.4 is 0 Å². The summed E-state index contributed by atoms with van der Waals surface area (Å²) in [6, 6.07) is 50.0. The zero-order chi connectivity index (χ0) is 28.8. The minimum absolute atomic E-state index is 1.10. The molecule has 10 rings (SSSR count). The molecule has 0 fully saturated rings. The molecule has 0 unspecified atom stereocenters. The first-order valence-corrected chi connectivity index (χ1v) is 15.7. The molecule has 0 spiro atoms. The molecule has 0 heteroatoms. The molecule has 0 aliphatic heterocycles. The van der Waals surface area contributed by atoms with E-state index in [4.69, 9.17) is 0 Å². The Balaban J connectivity index is 1.20. The van der Waals surface area contributed by atoms with Crippen LogP contribution in [0.3, 0.4) is 0 Å². The predicted octanol–water partition coefficient (Wildman–Crippen LogP) is 12.3. The Hall–Kier alpha value is -5.46. The molecule has 1 aliphatic rings. The van der Waals surface area contributed by atoms with E-state index in [0.717, 1.165) is 12.8 Å². The van der Waals surface area contributed by atoms with Gasteiger partial charge in [-0.3, -0.25) is 0 Å². The molecular formula is C44H28. The van der Waals surface area contributed by atoms with E-state index in [2.05, 4.69) is 146 Å². The summed E-state index contributed by atoms with van der Waals surface area (Å²) in [5, 5.41) is 16.1. The monoisotopic (exact) mass is 556 g/mol. The summed E-state index contributed by atoms with van der Waals surface area (Å²) in [7, 11) is 0. The summed E-state index contributed by atoms with van der Waals surface area (Å²) in [5.41, 5.74) is 7.97. The molecule has 0 aromatic heterocycles. The van der Waals surface area contributed by atoms with Gasteiger partial charge in [0.25, 0.3) is 0 Å². The third-order valence-electron chi connectivity index (χ3n) is 10.1. The molecule has 1 aliphatic carbocycles. The molecule has 0 radical (unpaired) electrons. The van der Waals surface area contributed by atoms with Crippen LogP contribution in [0, 0.1) is 0 Å². The minimum atomic E-state index is 1.10. The molecule has 0 amide bonds. The van der Waals surface area contributed by atoms with Crippen LogP contribution in [-0.4, -0.2) is 0 Å². The van der Waals surface area contributed by atoms with E-state index < -0.39 is 0 Å². The van der Waals surface area contributed by atoms with Crippen molar-refractivity contribution in [1.29, 1.82) is 0 Å². The van der Waals surface area contributed by atoms with Crippen molar-refractivity contribution in [3.63, 3.8) is 0 Å². The average molecular weight is 557 g/mol. The van der Waals surface area contributed by atoms with Gasteiger partial charge in [-0.25, -0.2) is 0 Å². The normalized spacial score (nSPS) is 13.2. The molecule has 204 valence electrons. The van der Waals surface area contributed by atoms with Crippen LogP contribution in [0.15, 0.2) is 140 Å². The van der Waals surface area contributed by atoms with Gasteiger partial charge in [-0.1, -0.05) is 140 Å². The highest BCUT2D eigenvalue weighted by Gasteiger charge is 2.19. The lowest BCUT2D eigenvalue weighted by atomic mass is 9.83. The molecule has 9 aromatic carbocycles. The van der Waals surface area contributed by atoms with Gasteiger partial charge in [0.15, 0.2) is 0 Å². The van der Waals surface area contributed by atoms with Crippen molar-refractivity contribution in [2.75, 3.05) is 0 Å². The Morgan fingerprint density at radius 2 is 1.02 bits per heavy atom. The van der Waals surface area contributed by atoms with Crippen molar-refractivity contribution in [2.45, 2.75) is 12.8 Å². The molecule has 0 saturated carbocycles. The van der Waals surface area contributed by atoms with Crippen molar-refractivity contribution in [3.8, 4) is 22.3 Å². The molecule has 0 heterocycles. The van der Waals surface area contributed by atoms with Gasteiger partial charge in [-0.2, -0.15) is 0 Å². The van der Waals surface area contributed by atoms with Crippen molar-refractivity contribution in [2.24, 2.45) is 0 Å². The van der Waals surface area contributed by atoms with Crippen LogP contribution in [0.25, 0.3) is 93.0 Å². The summed E-state index contributed by atoms with van der Waals surface area (Å²) < 4.78 is 0. The topological polar surface area (TPSA) is 0 Å². The fourth-order valence-corrected chi connectivity index (χ4v) is 8.09. The van der Waals surface area contributed by atoms with Crippen molar-refractivity contribution < 1.29 is 0 Å². The molecule has 44 heavy (non-hydrogen) atoms. The summed E-state index contributed by atoms with van der Waals surface area (Å²) >= 11 is 0. The second-order valence-corrected chi connectivity index (χ2v) is 12.3. The zero-order valence-corrected chi connectivity index (χ0v) is 24.3. The number of allylic oxidation sites excluding steroid dienone is 1. The maximum absolute atomic E-state index is 2.45. The Kier molecular flexibility index (Phi) is 4.93. The highest BCUT2D eigenvalue weighted by Crippen LogP contribution is 2.44. The Labute approximate surface area is 255 Å². The second kappa shape index (κ2) is 9.02. The van der Waals surface area contributed by atoms with Crippen LogP contribution >= 0.6 is 0 Å². The number of hydrogen-bond donors (Lipinski definition) is 0. The molecular weight excluding hydrogens is 528 g/mol. The van der Waals surface area contributed by atoms with Crippen molar-refractivity contribution >= 4 is 70.7 Å². The van der Waals surface area contributed by atoms with Crippen LogP contribution in [-0.2, 0) is 6.42 Å². The first-order valence-electron chi connectivity index (χ1n) is 15.7. The van der Waals surface area contributed by atoms with Crippen LogP contribution in [0.1, 0.15) is 17.5 Å². The summed E-state index contributed by atoms with van der Waals surface area (Å²) in [4.78, 5) is 0. The largest absolute Gasteiger partial charge is 0.0836 e. The molecule has 0 atom stereocenters. The Morgan fingerprint density at radius 1 is 0.386 bits per heavy atom. The van der Waals surface area contributed by atoms with E-state index in [-0.39, 0.29) is 0 Å². The Bertz CT molecular complexity index is 2620. The van der Waals surface area contributed by atoms with E-state index >= 15 is 0 Å². The lowest BCUT2D eigenvalue weighted by Gasteiger charge is -2.21. The summed E-state index contributed by atoms with van der Waals surface area (Å²) in [6.07, 6.45) is 6.92. The van der Waals surface area contributed by atoms with Gasteiger partial charge in [-0.15, -0.1) is 0 Å². The summed E-state index contributed by atoms with van der Waals surface area (Å²) in [5.74, 6) is 0. The van der Waals surface area contributed by atoms with Gasteiger partial charge in [0.05, 0.1) is 0 Å². The quantitative estimate of drug-likeness (QED) is 0.186. The number of aryl methyl sites for hydroxylation is 1. The number of rotatable bonds is 2. The smallest absolute Gasteiger partial charge is 0.00206 e. The third-order valence-corrected chi connectivity index (χ3v) is 10.1. The van der Waals surface area contributed by atoms with Gasteiger partial charge in [0.1, 0.15) is 0 Å². The van der Waals surface area contributed by atoms with Crippen LogP contribution in [0.5, 0.6) is 0 Å². The molecule has 0 bridgehead atoms. The van der Waals surface area contributed by atoms with Gasteiger partial charge in [0.2, 0.25) is 0 Å². The standard InChI is InChI=1S/C44H28/c1-2-12-35-33(10-1)34-11-3-5-14-37(34)44-38-15-6-4-13-36(38)40(26-41(35)44)28-18-16-27(17-19-28)32-24-22-31-21-20-29-8-7-9-30-23-25-39(32)43(31)42(29)30/h1-2,4-10,12-26H,3,11H2. The average Bonchev–Trinajstić information content (AvgIpc) is 3.10. The van der Waals surface area contributed by atoms with Crippen molar-refractivity contribution in [3.05, 3.63) is 151 Å². The highest BCUT2D eigenvalue weighted by atomic mass is 14.2. The SMILES string of the molecule is C1=Cc2c(c3ccccc3c3cc(-c4ccc(-c5ccc6ccc7cccc8ccc5c6c78)cc4)c4ccccc4c23)CC1. The maximum Gasteiger partial charge on any atom is -0.00206 e. The van der Waals surface area contributed by atoms with Gasteiger partial charge >= 0.3 is 0 Å². The predicted molar refractivity (Wildman–Crippen MR) is 191 cm³/mol. The lowest BCUT2D eigenvalue weighted by Crippen LogP contribution is -1.99.